The number of rotatable bonds is 6. The zero-order valence-electron chi connectivity index (χ0n) is 16.0. The molecule has 3 rings (SSSR count). The van der Waals surface area contributed by atoms with Gasteiger partial charge in [0.1, 0.15) is 17.1 Å². The number of fused-ring (bicyclic) bond motifs is 1. The Kier molecular flexibility index (Phi) is 5.84. The summed E-state index contributed by atoms with van der Waals surface area (Å²) in [7, 11) is 0. The maximum Gasteiger partial charge on any atom is 0.305 e. The Labute approximate surface area is 162 Å². The lowest BCUT2D eigenvalue weighted by atomic mass is 10.1. The molecule has 7 nitrogen and oxygen atoms in total. The van der Waals surface area contributed by atoms with Crippen LogP contribution in [0.4, 0.5) is 0 Å². The van der Waals surface area contributed by atoms with Gasteiger partial charge in [-0.05, 0) is 50.6 Å². The van der Waals surface area contributed by atoms with Crippen LogP contribution in [0.1, 0.15) is 28.6 Å². The topological polar surface area (TPSA) is 89.8 Å². The standard InChI is InChI=1S/C21H22N2O5/c1-4-26-15-9-10-18-16(11-15)14(3)20(28-18)21(25)23-22-19(24)12-27-17-8-6-5-7-13(17)2/h5-11H,4,12H2,1-3H3,(H,22,24)(H,23,25). The van der Waals surface area contributed by atoms with Gasteiger partial charge in [0.25, 0.3) is 5.91 Å². The van der Waals surface area contributed by atoms with Crippen molar-refractivity contribution in [2.45, 2.75) is 20.8 Å². The van der Waals surface area contributed by atoms with E-state index < -0.39 is 11.8 Å². The largest absolute Gasteiger partial charge is 0.494 e. The highest BCUT2D eigenvalue weighted by atomic mass is 16.5. The van der Waals surface area contributed by atoms with Gasteiger partial charge >= 0.3 is 5.91 Å². The van der Waals surface area contributed by atoms with Crippen molar-refractivity contribution in [1.82, 2.24) is 10.9 Å². The fourth-order valence-corrected chi connectivity index (χ4v) is 2.75. The van der Waals surface area contributed by atoms with Gasteiger partial charge in [-0.1, -0.05) is 18.2 Å². The first kappa shape index (κ1) is 19.3. The molecule has 1 aromatic heterocycles. The van der Waals surface area contributed by atoms with Crippen molar-refractivity contribution < 1.29 is 23.5 Å². The van der Waals surface area contributed by atoms with Crippen molar-refractivity contribution in [3.8, 4) is 11.5 Å². The van der Waals surface area contributed by atoms with Gasteiger partial charge in [0.2, 0.25) is 0 Å². The Bertz CT molecular complexity index is 1010. The first-order chi connectivity index (χ1) is 13.5. The van der Waals surface area contributed by atoms with Crippen LogP contribution < -0.4 is 20.3 Å². The van der Waals surface area contributed by atoms with Crippen LogP contribution in [-0.2, 0) is 4.79 Å². The third-order valence-electron chi connectivity index (χ3n) is 4.19. The number of nitrogens with one attached hydrogen (secondary N) is 2. The number of hydrazine groups is 1. The molecule has 7 heteroatoms. The average Bonchev–Trinajstić information content (AvgIpc) is 3.02. The molecule has 146 valence electrons. The van der Waals surface area contributed by atoms with Crippen molar-refractivity contribution in [1.29, 1.82) is 0 Å². The van der Waals surface area contributed by atoms with Crippen molar-refractivity contribution in [2.24, 2.45) is 0 Å². The molecular formula is C21H22N2O5. The third-order valence-corrected chi connectivity index (χ3v) is 4.19. The molecule has 0 fully saturated rings. The van der Waals surface area contributed by atoms with E-state index in [0.717, 1.165) is 10.9 Å². The fraction of sp³-hybridized carbons (Fsp3) is 0.238. The number of ether oxygens (including phenoxy) is 2. The summed E-state index contributed by atoms with van der Waals surface area (Å²) in [5.74, 6) is 0.415. The first-order valence-corrected chi connectivity index (χ1v) is 8.93. The van der Waals surface area contributed by atoms with E-state index in [2.05, 4.69) is 10.9 Å². The molecule has 0 saturated heterocycles. The Balaban J connectivity index is 1.60. The van der Waals surface area contributed by atoms with E-state index in [0.29, 0.717) is 29.3 Å². The zero-order valence-corrected chi connectivity index (χ0v) is 16.0. The number of aryl methyl sites for hydroxylation is 2. The van der Waals surface area contributed by atoms with E-state index in [9.17, 15) is 9.59 Å². The minimum atomic E-state index is -0.545. The molecule has 0 radical (unpaired) electrons. The summed E-state index contributed by atoms with van der Waals surface area (Å²) in [4.78, 5) is 24.3. The Morgan fingerprint density at radius 3 is 2.57 bits per heavy atom. The van der Waals surface area contributed by atoms with Gasteiger partial charge in [-0.3, -0.25) is 20.4 Å². The van der Waals surface area contributed by atoms with Crippen LogP contribution in [0.5, 0.6) is 11.5 Å². The molecule has 0 aliphatic heterocycles. The zero-order chi connectivity index (χ0) is 20.1. The minimum absolute atomic E-state index is 0.128. The van der Waals surface area contributed by atoms with Crippen LogP contribution in [0, 0.1) is 13.8 Å². The molecule has 1 heterocycles. The second-order valence-corrected chi connectivity index (χ2v) is 6.20. The number of amides is 2. The van der Waals surface area contributed by atoms with Gasteiger partial charge in [0.05, 0.1) is 6.61 Å². The molecule has 2 N–H and O–H groups in total. The number of carbonyl (C=O) groups excluding carboxylic acids is 2. The fourth-order valence-electron chi connectivity index (χ4n) is 2.75. The van der Waals surface area contributed by atoms with Gasteiger partial charge < -0.3 is 13.9 Å². The quantitative estimate of drug-likeness (QED) is 0.639. The lowest BCUT2D eigenvalue weighted by Gasteiger charge is -2.09. The molecule has 28 heavy (non-hydrogen) atoms. The monoisotopic (exact) mass is 382 g/mol. The Morgan fingerprint density at radius 2 is 1.82 bits per heavy atom. The molecule has 0 spiro atoms. The van der Waals surface area contributed by atoms with Gasteiger partial charge in [-0.2, -0.15) is 0 Å². The normalized spacial score (nSPS) is 10.5. The summed E-state index contributed by atoms with van der Waals surface area (Å²) in [6, 6.07) is 12.7. The molecule has 2 amide bonds. The van der Waals surface area contributed by atoms with E-state index >= 15 is 0 Å². The predicted molar refractivity (Wildman–Crippen MR) is 104 cm³/mol. The summed E-state index contributed by atoms with van der Waals surface area (Å²) in [6.07, 6.45) is 0. The highest BCUT2D eigenvalue weighted by molar-refractivity contribution is 5.99. The lowest BCUT2D eigenvalue weighted by molar-refractivity contribution is -0.123. The number of hydrogen-bond donors (Lipinski definition) is 2. The van der Waals surface area contributed by atoms with Crippen LogP contribution >= 0.6 is 0 Å². The van der Waals surface area contributed by atoms with Crippen molar-refractivity contribution >= 4 is 22.8 Å². The summed E-state index contributed by atoms with van der Waals surface area (Å²) >= 11 is 0. The van der Waals surface area contributed by atoms with Gasteiger partial charge in [-0.15, -0.1) is 0 Å². The average molecular weight is 382 g/mol. The summed E-state index contributed by atoms with van der Waals surface area (Å²) in [5.41, 5.74) is 6.83. The molecule has 2 aromatic carbocycles. The van der Waals surface area contributed by atoms with Crippen LogP contribution in [0.15, 0.2) is 46.9 Å². The Morgan fingerprint density at radius 1 is 1.04 bits per heavy atom. The number of para-hydroxylation sites is 1. The SMILES string of the molecule is CCOc1ccc2oc(C(=O)NNC(=O)COc3ccccc3C)c(C)c2c1. The smallest absolute Gasteiger partial charge is 0.305 e. The van der Waals surface area contributed by atoms with Gasteiger partial charge in [0, 0.05) is 10.9 Å². The molecule has 0 unspecified atom stereocenters. The highest BCUT2D eigenvalue weighted by Gasteiger charge is 2.18. The Hall–Kier alpha value is -3.48. The number of carbonyl (C=O) groups is 2. The minimum Gasteiger partial charge on any atom is -0.494 e. The molecule has 0 aliphatic carbocycles. The summed E-state index contributed by atoms with van der Waals surface area (Å²) in [5, 5.41) is 0.783. The van der Waals surface area contributed by atoms with Crippen LogP contribution in [0.3, 0.4) is 0 Å². The third kappa shape index (κ3) is 4.25. The number of hydrogen-bond acceptors (Lipinski definition) is 5. The van der Waals surface area contributed by atoms with E-state index in [1.165, 1.54) is 0 Å². The molecule has 0 saturated carbocycles. The molecule has 0 atom stereocenters. The van der Waals surface area contributed by atoms with Crippen molar-refractivity contribution in [2.75, 3.05) is 13.2 Å². The van der Waals surface area contributed by atoms with Crippen molar-refractivity contribution in [3.63, 3.8) is 0 Å². The van der Waals surface area contributed by atoms with Crippen LogP contribution in [0.2, 0.25) is 0 Å². The maximum absolute atomic E-state index is 12.4. The second kappa shape index (κ2) is 8.47. The lowest BCUT2D eigenvalue weighted by Crippen LogP contribution is -2.43. The molecule has 0 aliphatic rings. The van der Waals surface area contributed by atoms with Crippen LogP contribution in [-0.4, -0.2) is 25.0 Å². The highest BCUT2D eigenvalue weighted by Crippen LogP contribution is 2.28. The predicted octanol–water partition coefficient (Wildman–Crippen LogP) is 3.29. The second-order valence-electron chi connectivity index (χ2n) is 6.20. The van der Waals surface area contributed by atoms with E-state index in [1.807, 2.05) is 38.1 Å². The summed E-state index contributed by atoms with van der Waals surface area (Å²) < 4.78 is 16.5. The maximum atomic E-state index is 12.4. The number of furan rings is 1. The summed E-state index contributed by atoms with van der Waals surface area (Å²) in [6.45, 7) is 5.89. The first-order valence-electron chi connectivity index (χ1n) is 8.93. The molecular weight excluding hydrogens is 360 g/mol. The van der Waals surface area contributed by atoms with Crippen molar-refractivity contribution in [3.05, 3.63) is 59.4 Å². The number of benzene rings is 2. The van der Waals surface area contributed by atoms with E-state index in [1.54, 1.807) is 25.1 Å². The van der Waals surface area contributed by atoms with Gasteiger partial charge in [0.15, 0.2) is 12.4 Å². The molecule has 3 aromatic rings. The van der Waals surface area contributed by atoms with E-state index in [-0.39, 0.29) is 12.4 Å². The molecule has 0 bridgehead atoms. The van der Waals surface area contributed by atoms with Gasteiger partial charge in [-0.25, -0.2) is 0 Å². The van der Waals surface area contributed by atoms with Crippen LogP contribution in [0.25, 0.3) is 11.0 Å². The van der Waals surface area contributed by atoms with E-state index in [4.69, 9.17) is 13.9 Å².